The molecule has 2 N–H and O–H groups in total. The van der Waals surface area contributed by atoms with Crippen molar-refractivity contribution in [1.29, 1.82) is 0 Å². The fourth-order valence-electron chi connectivity index (χ4n) is 2.14. The Morgan fingerprint density at radius 2 is 2.00 bits per heavy atom. The number of aliphatic hydroxyl groups is 1. The second kappa shape index (κ2) is 7.10. The maximum atomic E-state index is 11.9. The monoisotopic (exact) mass is 272 g/mol. The van der Waals surface area contributed by atoms with Crippen LogP contribution in [0.15, 0.2) is 0 Å². The van der Waals surface area contributed by atoms with E-state index in [9.17, 15) is 9.90 Å². The summed E-state index contributed by atoms with van der Waals surface area (Å²) >= 11 is 0. The van der Waals surface area contributed by atoms with Crippen LogP contribution in [0.4, 0.5) is 4.79 Å². The van der Waals surface area contributed by atoms with Gasteiger partial charge in [-0.2, -0.15) is 0 Å². The van der Waals surface area contributed by atoms with Crippen LogP contribution in [0, 0.1) is 5.92 Å². The molecule has 0 saturated carbocycles. The number of hydrogen-bond acceptors (Lipinski definition) is 4. The Balaban J connectivity index is 2.23. The molecule has 1 rings (SSSR count). The normalized spacial score (nSPS) is 19.3. The van der Waals surface area contributed by atoms with Crippen molar-refractivity contribution in [2.45, 2.75) is 52.2 Å². The molecule has 1 aliphatic rings. The van der Waals surface area contributed by atoms with Crippen LogP contribution in [0.2, 0.25) is 0 Å². The number of carbonyl (C=O) groups is 1. The summed E-state index contributed by atoms with van der Waals surface area (Å²) in [7, 11) is 0. The molecule has 1 unspecified atom stereocenters. The molecule has 1 amide bonds. The van der Waals surface area contributed by atoms with Crippen molar-refractivity contribution < 1.29 is 14.6 Å². The Morgan fingerprint density at radius 1 is 1.42 bits per heavy atom. The molecule has 0 aliphatic carbocycles. The lowest BCUT2D eigenvalue weighted by atomic mass is 9.97. The van der Waals surface area contributed by atoms with E-state index in [1.54, 1.807) is 11.8 Å². The van der Waals surface area contributed by atoms with Gasteiger partial charge in [-0.25, -0.2) is 4.79 Å². The van der Waals surface area contributed by atoms with Crippen molar-refractivity contribution in [2.24, 2.45) is 5.92 Å². The molecule has 1 heterocycles. The second-order valence-electron chi connectivity index (χ2n) is 6.42. The van der Waals surface area contributed by atoms with Crippen LogP contribution in [-0.4, -0.2) is 54.0 Å². The van der Waals surface area contributed by atoms with Crippen LogP contribution in [0.25, 0.3) is 0 Å². The van der Waals surface area contributed by atoms with Crippen molar-refractivity contribution in [3.63, 3.8) is 0 Å². The molecule has 0 aromatic rings. The van der Waals surface area contributed by atoms with Crippen molar-refractivity contribution in [2.75, 3.05) is 26.2 Å². The first-order valence-electron chi connectivity index (χ1n) is 7.14. The van der Waals surface area contributed by atoms with Crippen LogP contribution in [0.5, 0.6) is 0 Å². The molecule has 0 aromatic heterocycles. The number of hydrogen-bond donors (Lipinski definition) is 2. The molecule has 0 radical (unpaired) electrons. The number of nitrogens with zero attached hydrogens (tertiary/aromatic N) is 1. The minimum absolute atomic E-state index is 0.206. The summed E-state index contributed by atoms with van der Waals surface area (Å²) in [5.41, 5.74) is -0.424. The second-order valence-corrected chi connectivity index (χ2v) is 6.42. The molecule has 5 nitrogen and oxygen atoms in total. The predicted octanol–water partition coefficient (Wildman–Crippen LogP) is 1.60. The molecular weight excluding hydrogens is 244 g/mol. The fourth-order valence-corrected chi connectivity index (χ4v) is 2.14. The average Bonchev–Trinajstić information content (AvgIpc) is 2.27. The third-order valence-corrected chi connectivity index (χ3v) is 3.14. The maximum absolute atomic E-state index is 11.9. The number of amides is 1. The highest BCUT2D eigenvalue weighted by Crippen LogP contribution is 2.19. The van der Waals surface area contributed by atoms with Gasteiger partial charge in [0.05, 0.1) is 6.10 Å². The van der Waals surface area contributed by atoms with E-state index < -0.39 is 5.60 Å². The number of rotatable bonds is 4. The standard InChI is InChI=1S/C14H28N2O3/c1-11(17)9-15-10-12-5-7-16(8-6-12)13(18)19-14(2,3)4/h11-12,15,17H,5-10H2,1-4H3. The van der Waals surface area contributed by atoms with E-state index in [0.717, 1.165) is 32.5 Å². The Labute approximate surface area is 116 Å². The zero-order valence-corrected chi connectivity index (χ0v) is 12.6. The van der Waals surface area contributed by atoms with Gasteiger partial charge in [-0.3, -0.25) is 0 Å². The number of aliphatic hydroxyl groups excluding tert-OH is 1. The molecular formula is C14H28N2O3. The molecule has 1 saturated heterocycles. The van der Waals surface area contributed by atoms with E-state index >= 15 is 0 Å². The first kappa shape index (κ1) is 16.2. The maximum Gasteiger partial charge on any atom is 0.410 e. The molecule has 1 atom stereocenters. The first-order valence-corrected chi connectivity index (χ1v) is 7.14. The molecule has 1 fully saturated rings. The lowest BCUT2D eigenvalue weighted by molar-refractivity contribution is 0.0183. The number of ether oxygens (including phenoxy) is 1. The third-order valence-electron chi connectivity index (χ3n) is 3.14. The highest BCUT2D eigenvalue weighted by Gasteiger charge is 2.26. The summed E-state index contributed by atoms with van der Waals surface area (Å²) in [4.78, 5) is 13.7. The summed E-state index contributed by atoms with van der Waals surface area (Å²) < 4.78 is 5.36. The molecule has 0 bridgehead atoms. The Bertz CT molecular complexity index is 279. The van der Waals surface area contributed by atoms with Gasteiger partial charge in [0.25, 0.3) is 0 Å². The lowest BCUT2D eigenvalue weighted by Crippen LogP contribution is -2.43. The van der Waals surface area contributed by atoms with Gasteiger partial charge in [0.1, 0.15) is 5.60 Å². The summed E-state index contributed by atoms with van der Waals surface area (Å²) in [6, 6.07) is 0. The number of likely N-dealkylation sites (tertiary alicyclic amines) is 1. The highest BCUT2D eigenvalue weighted by molar-refractivity contribution is 5.68. The zero-order valence-electron chi connectivity index (χ0n) is 12.6. The molecule has 0 spiro atoms. The molecule has 19 heavy (non-hydrogen) atoms. The van der Waals surface area contributed by atoms with Crippen LogP contribution in [-0.2, 0) is 4.74 Å². The van der Waals surface area contributed by atoms with Crippen LogP contribution in [0.1, 0.15) is 40.5 Å². The predicted molar refractivity (Wildman–Crippen MR) is 75.1 cm³/mol. The molecule has 112 valence electrons. The van der Waals surface area contributed by atoms with Gasteiger partial charge in [-0.05, 0) is 53.0 Å². The smallest absolute Gasteiger partial charge is 0.410 e. The zero-order chi connectivity index (χ0) is 14.5. The number of piperidine rings is 1. The van der Waals surface area contributed by atoms with Crippen molar-refractivity contribution in [3.05, 3.63) is 0 Å². The van der Waals surface area contributed by atoms with E-state index in [4.69, 9.17) is 4.74 Å². The largest absolute Gasteiger partial charge is 0.444 e. The topological polar surface area (TPSA) is 61.8 Å². The third kappa shape index (κ3) is 6.78. The minimum Gasteiger partial charge on any atom is -0.444 e. The van der Waals surface area contributed by atoms with Crippen molar-refractivity contribution in [1.82, 2.24) is 10.2 Å². The van der Waals surface area contributed by atoms with E-state index in [1.165, 1.54) is 0 Å². The van der Waals surface area contributed by atoms with E-state index in [2.05, 4.69) is 5.32 Å². The van der Waals surface area contributed by atoms with Crippen molar-refractivity contribution in [3.8, 4) is 0 Å². The summed E-state index contributed by atoms with van der Waals surface area (Å²) in [6.45, 7) is 10.5. The SMILES string of the molecule is CC(O)CNCC1CCN(C(=O)OC(C)(C)C)CC1. The van der Waals surface area contributed by atoms with Gasteiger partial charge in [0.15, 0.2) is 0 Å². The van der Waals surface area contributed by atoms with Crippen LogP contribution < -0.4 is 5.32 Å². The lowest BCUT2D eigenvalue weighted by Gasteiger charge is -2.33. The Kier molecular flexibility index (Phi) is 6.07. The quantitative estimate of drug-likeness (QED) is 0.816. The van der Waals surface area contributed by atoms with E-state index in [0.29, 0.717) is 12.5 Å². The van der Waals surface area contributed by atoms with Gasteiger partial charge < -0.3 is 20.1 Å². The average molecular weight is 272 g/mol. The van der Waals surface area contributed by atoms with Gasteiger partial charge in [0, 0.05) is 19.6 Å². The van der Waals surface area contributed by atoms with Gasteiger partial charge >= 0.3 is 6.09 Å². The Morgan fingerprint density at radius 3 is 2.47 bits per heavy atom. The van der Waals surface area contributed by atoms with E-state index in [-0.39, 0.29) is 12.2 Å². The molecule has 5 heteroatoms. The first-order chi connectivity index (χ1) is 8.78. The minimum atomic E-state index is -0.424. The van der Waals surface area contributed by atoms with E-state index in [1.807, 2.05) is 20.8 Å². The highest BCUT2D eigenvalue weighted by atomic mass is 16.6. The van der Waals surface area contributed by atoms with Gasteiger partial charge in [-0.15, -0.1) is 0 Å². The Hall–Kier alpha value is -0.810. The fraction of sp³-hybridized carbons (Fsp3) is 0.929. The molecule has 0 aromatic carbocycles. The number of carbonyl (C=O) groups excluding carboxylic acids is 1. The van der Waals surface area contributed by atoms with Gasteiger partial charge in [-0.1, -0.05) is 0 Å². The molecule has 1 aliphatic heterocycles. The number of nitrogens with one attached hydrogen (secondary N) is 1. The van der Waals surface area contributed by atoms with Crippen molar-refractivity contribution >= 4 is 6.09 Å². The summed E-state index contributed by atoms with van der Waals surface area (Å²) in [6.07, 6.45) is 1.47. The summed E-state index contributed by atoms with van der Waals surface area (Å²) in [5.74, 6) is 0.581. The van der Waals surface area contributed by atoms with Gasteiger partial charge in [0.2, 0.25) is 0 Å². The summed E-state index contributed by atoms with van der Waals surface area (Å²) in [5, 5.41) is 12.4. The van der Waals surface area contributed by atoms with Crippen LogP contribution >= 0.6 is 0 Å². The van der Waals surface area contributed by atoms with Crippen LogP contribution in [0.3, 0.4) is 0 Å².